The van der Waals surface area contributed by atoms with E-state index in [-0.39, 0.29) is 28.4 Å². The van der Waals surface area contributed by atoms with Crippen molar-refractivity contribution in [2.45, 2.75) is 98.2 Å². The van der Waals surface area contributed by atoms with Crippen LogP contribution in [0.3, 0.4) is 0 Å². The van der Waals surface area contributed by atoms with E-state index in [0.29, 0.717) is 12.3 Å². The molecule has 0 aromatic heterocycles. The molecular formula is C24H41N3O3. The molecule has 6 heteroatoms. The van der Waals surface area contributed by atoms with Gasteiger partial charge in [0.1, 0.15) is 0 Å². The number of rotatable bonds is 0. The zero-order valence-electron chi connectivity index (χ0n) is 20.4. The summed E-state index contributed by atoms with van der Waals surface area (Å²) >= 11 is 0. The minimum absolute atomic E-state index is 0.0272. The first kappa shape index (κ1) is 25.9. The van der Waals surface area contributed by atoms with E-state index in [1.54, 1.807) is 11.0 Å². The molecule has 3 aliphatic rings. The first-order valence-electron chi connectivity index (χ1n) is 10.8. The summed E-state index contributed by atoms with van der Waals surface area (Å²) in [4.78, 5) is 38.9. The van der Waals surface area contributed by atoms with E-state index in [1.807, 2.05) is 69.7 Å². The van der Waals surface area contributed by atoms with Crippen LogP contribution >= 0.6 is 0 Å². The highest BCUT2D eigenvalue weighted by Gasteiger charge is 2.30. The highest BCUT2D eigenvalue weighted by atomic mass is 16.2. The fourth-order valence-electron chi connectivity index (χ4n) is 3.44. The lowest BCUT2D eigenvalue weighted by Crippen LogP contribution is -2.42. The maximum absolute atomic E-state index is 11.1. The molecule has 30 heavy (non-hydrogen) atoms. The van der Waals surface area contributed by atoms with Gasteiger partial charge in [-0.2, -0.15) is 0 Å². The van der Waals surface area contributed by atoms with Crippen LogP contribution in [-0.2, 0) is 14.4 Å². The smallest absolute Gasteiger partial charge is 0.247 e. The minimum atomic E-state index is -0.0515. The van der Waals surface area contributed by atoms with Gasteiger partial charge in [0.05, 0.1) is 0 Å². The highest BCUT2D eigenvalue weighted by molar-refractivity contribution is 5.90. The second-order valence-corrected chi connectivity index (χ2v) is 10.9. The Morgan fingerprint density at radius 3 is 1.50 bits per heavy atom. The maximum Gasteiger partial charge on any atom is 0.247 e. The topological polar surface area (TPSA) is 60.9 Å². The fraction of sp³-hybridized carbons (Fsp3) is 0.708. The highest BCUT2D eigenvalue weighted by Crippen LogP contribution is 2.21. The summed E-state index contributed by atoms with van der Waals surface area (Å²) in [5.41, 5.74) is -0.0434. The van der Waals surface area contributed by atoms with E-state index in [0.717, 1.165) is 25.9 Å². The van der Waals surface area contributed by atoms with Crippen LogP contribution in [0.4, 0.5) is 0 Å². The maximum atomic E-state index is 11.1. The van der Waals surface area contributed by atoms with Crippen molar-refractivity contribution in [2.75, 3.05) is 13.1 Å². The molecule has 0 aromatic rings. The normalized spacial score (nSPS) is 19.2. The van der Waals surface area contributed by atoms with Gasteiger partial charge in [-0.05, 0) is 68.7 Å². The van der Waals surface area contributed by atoms with Crippen molar-refractivity contribution in [1.82, 2.24) is 14.7 Å². The third-order valence-corrected chi connectivity index (χ3v) is 5.05. The lowest BCUT2D eigenvalue weighted by molar-refractivity contribution is -0.132. The monoisotopic (exact) mass is 419 g/mol. The van der Waals surface area contributed by atoms with Crippen LogP contribution in [0.5, 0.6) is 0 Å². The molecule has 3 rings (SSSR count). The van der Waals surface area contributed by atoms with E-state index in [2.05, 4.69) is 20.8 Å². The Kier molecular flexibility index (Phi) is 8.47. The molecule has 0 N–H and O–H groups in total. The van der Waals surface area contributed by atoms with Crippen molar-refractivity contribution >= 4 is 17.7 Å². The van der Waals surface area contributed by atoms with E-state index < -0.39 is 0 Å². The summed E-state index contributed by atoms with van der Waals surface area (Å²) in [6.45, 7) is 20.2. The van der Waals surface area contributed by atoms with Gasteiger partial charge in [0.15, 0.2) is 0 Å². The van der Waals surface area contributed by atoms with Crippen LogP contribution < -0.4 is 0 Å². The summed E-state index contributed by atoms with van der Waals surface area (Å²) in [6, 6.07) is 0. The van der Waals surface area contributed by atoms with Crippen molar-refractivity contribution in [3.63, 3.8) is 0 Å². The van der Waals surface area contributed by atoms with Crippen LogP contribution in [0.15, 0.2) is 24.4 Å². The standard InChI is InChI=1S/C8H15NO.2C8H13NO/c3*1-8(2,3)9-6-4-5-7(9)10/h4-6H2,1-3H3;4,6H,5H2,1-3H3;4-5H,6H2,1-3H3. The Hall–Kier alpha value is -2.11. The Bertz CT molecular complexity index is 674. The molecule has 0 saturated carbocycles. The van der Waals surface area contributed by atoms with Crippen molar-refractivity contribution in [3.8, 4) is 0 Å². The van der Waals surface area contributed by atoms with Crippen molar-refractivity contribution < 1.29 is 14.4 Å². The summed E-state index contributed by atoms with van der Waals surface area (Å²) in [6.07, 6.45) is 9.64. The summed E-state index contributed by atoms with van der Waals surface area (Å²) in [5, 5.41) is 0. The van der Waals surface area contributed by atoms with E-state index >= 15 is 0 Å². The first-order chi connectivity index (χ1) is 13.5. The number of hydrogen-bond acceptors (Lipinski definition) is 3. The minimum Gasteiger partial charge on any atom is -0.338 e. The molecule has 0 aliphatic carbocycles. The Labute approximate surface area is 183 Å². The quantitative estimate of drug-likeness (QED) is 0.593. The largest absolute Gasteiger partial charge is 0.338 e. The number of amides is 3. The molecule has 0 unspecified atom stereocenters. The molecule has 3 amide bonds. The first-order valence-corrected chi connectivity index (χ1v) is 10.8. The molecule has 0 bridgehead atoms. The van der Waals surface area contributed by atoms with E-state index in [9.17, 15) is 14.4 Å². The molecule has 6 nitrogen and oxygen atoms in total. The average Bonchev–Trinajstić information content (AvgIpc) is 3.27. The molecule has 3 heterocycles. The van der Waals surface area contributed by atoms with Gasteiger partial charge >= 0.3 is 0 Å². The third-order valence-electron chi connectivity index (χ3n) is 5.05. The average molecular weight is 420 g/mol. The van der Waals surface area contributed by atoms with Gasteiger partial charge in [-0.3, -0.25) is 14.4 Å². The van der Waals surface area contributed by atoms with Gasteiger partial charge in [0.25, 0.3) is 0 Å². The zero-order chi connectivity index (χ0) is 23.3. The summed E-state index contributed by atoms with van der Waals surface area (Å²) in [5.74, 6) is 0.646. The molecule has 0 aromatic carbocycles. The van der Waals surface area contributed by atoms with E-state index in [4.69, 9.17) is 0 Å². The zero-order valence-corrected chi connectivity index (χ0v) is 20.4. The molecule has 0 spiro atoms. The molecule has 1 saturated heterocycles. The lowest BCUT2D eigenvalue weighted by atomic mass is 10.1. The third kappa shape index (κ3) is 7.62. The van der Waals surface area contributed by atoms with E-state index in [1.165, 1.54) is 0 Å². The lowest BCUT2D eigenvalue weighted by Gasteiger charge is -2.31. The number of carbonyl (C=O) groups excluding carboxylic acids is 3. The second-order valence-electron chi connectivity index (χ2n) is 10.9. The Morgan fingerprint density at radius 2 is 1.30 bits per heavy atom. The van der Waals surface area contributed by atoms with Crippen LogP contribution in [0.25, 0.3) is 0 Å². The van der Waals surface area contributed by atoms with Crippen LogP contribution in [0.1, 0.15) is 81.6 Å². The Morgan fingerprint density at radius 1 is 0.733 bits per heavy atom. The molecular weight excluding hydrogens is 378 g/mol. The van der Waals surface area contributed by atoms with Gasteiger partial charge in [-0.1, -0.05) is 12.2 Å². The number of hydrogen-bond donors (Lipinski definition) is 0. The Balaban J connectivity index is 0.000000225. The van der Waals surface area contributed by atoms with Crippen molar-refractivity contribution in [1.29, 1.82) is 0 Å². The van der Waals surface area contributed by atoms with Crippen LogP contribution in [-0.4, -0.2) is 62.1 Å². The number of carbonyl (C=O) groups is 3. The van der Waals surface area contributed by atoms with Gasteiger partial charge in [-0.25, -0.2) is 0 Å². The number of nitrogens with zero attached hydrogens (tertiary/aromatic N) is 3. The van der Waals surface area contributed by atoms with Crippen molar-refractivity contribution in [2.24, 2.45) is 0 Å². The summed E-state index contributed by atoms with van der Waals surface area (Å²) in [7, 11) is 0. The SMILES string of the molecule is CC(C)(C)N1C=CCC1=O.CC(C)(C)N1CC=CC1=O.CC(C)(C)N1CCCC1=O. The van der Waals surface area contributed by atoms with Gasteiger partial charge in [0.2, 0.25) is 17.7 Å². The predicted molar refractivity (Wildman–Crippen MR) is 122 cm³/mol. The van der Waals surface area contributed by atoms with Gasteiger partial charge in [-0.15, -0.1) is 0 Å². The van der Waals surface area contributed by atoms with Gasteiger partial charge in [0, 0.05) is 54.8 Å². The molecule has 1 fully saturated rings. The predicted octanol–water partition coefficient (Wildman–Crippen LogP) is 4.12. The second kappa shape index (κ2) is 9.80. The molecule has 0 atom stereocenters. The summed E-state index contributed by atoms with van der Waals surface area (Å²) < 4.78 is 0. The van der Waals surface area contributed by atoms with Crippen LogP contribution in [0, 0.1) is 0 Å². The number of likely N-dealkylation sites (tertiary alicyclic amines) is 1. The fourth-order valence-corrected chi connectivity index (χ4v) is 3.44. The van der Waals surface area contributed by atoms with Gasteiger partial charge < -0.3 is 14.7 Å². The van der Waals surface area contributed by atoms with Crippen LogP contribution in [0.2, 0.25) is 0 Å². The molecule has 170 valence electrons. The molecule has 3 aliphatic heterocycles. The van der Waals surface area contributed by atoms with Crippen molar-refractivity contribution in [3.05, 3.63) is 24.4 Å². The molecule has 0 radical (unpaired) electrons.